The molecular formula is C17H34N2O2. The van der Waals surface area contributed by atoms with E-state index in [2.05, 4.69) is 19.0 Å². The third kappa shape index (κ3) is 17.0. The van der Waals surface area contributed by atoms with Crippen molar-refractivity contribution in [2.45, 2.75) is 84.5 Å². The minimum absolute atomic E-state index is 0.433. The van der Waals surface area contributed by atoms with Gasteiger partial charge < -0.3 is 5.21 Å². The van der Waals surface area contributed by atoms with Gasteiger partial charge in [-0.3, -0.25) is 4.79 Å². The molecule has 0 N–H and O–H groups in total. The fourth-order valence-electron chi connectivity index (χ4n) is 2.35. The molecule has 0 aliphatic rings. The van der Waals surface area contributed by atoms with Crippen LogP contribution in [0.15, 0.2) is 5.11 Å². The van der Waals surface area contributed by atoms with E-state index in [1.165, 1.54) is 26.3 Å². The van der Waals surface area contributed by atoms with Crippen LogP contribution in [0.4, 0.5) is 0 Å². The van der Waals surface area contributed by atoms with Crippen molar-refractivity contribution in [1.82, 2.24) is 0 Å². The summed E-state index contributed by atoms with van der Waals surface area (Å²) in [6.45, 7) is 5.12. The molecule has 0 aliphatic heterocycles. The molecule has 21 heavy (non-hydrogen) atoms. The molecular weight excluding hydrogens is 264 g/mol. The van der Waals surface area contributed by atoms with Crippen molar-refractivity contribution in [3.63, 3.8) is 0 Å². The van der Waals surface area contributed by atoms with Crippen LogP contribution in [0.25, 0.3) is 0 Å². The number of nitrogens with zero attached hydrogens (tertiary/aromatic N) is 2. The average molecular weight is 298 g/mol. The molecule has 0 aromatic heterocycles. The van der Waals surface area contributed by atoms with Crippen molar-refractivity contribution >= 4 is 5.78 Å². The summed E-state index contributed by atoms with van der Waals surface area (Å²) in [5, 5.41) is 14.3. The van der Waals surface area contributed by atoms with E-state index in [9.17, 15) is 10.0 Å². The summed E-state index contributed by atoms with van der Waals surface area (Å²) >= 11 is 0. The van der Waals surface area contributed by atoms with Crippen molar-refractivity contribution in [3.05, 3.63) is 5.21 Å². The standard InChI is InChI=1S/C17H34N2O2/c1-16(2)12-8-7-10-14-17(20)13-9-5-4-6-11-15-18-19(3)21/h16H,4-15H2,1-3H3. The highest BCUT2D eigenvalue weighted by Gasteiger charge is 2.02. The van der Waals surface area contributed by atoms with Crippen LogP contribution in [0.5, 0.6) is 0 Å². The van der Waals surface area contributed by atoms with E-state index in [1.54, 1.807) is 0 Å². The number of ketones is 1. The predicted molar refractivity (Wildman–Crippen MR) is 87.5 cm³/mol. The van der Waals surface area contributed by atoms with E-state index in [0.29, 0.717) is 17.2 Å². The minimum atomic E-state index is 0.433. The normalized spacial score (nSPS) is 12.1. The number of unbranched alkanes of at least 4 members (excludes halogenated alkanes) is 6. The largest absolute Gasteiger partial charge is 0.600 e. The monoisotopic (exact) mass is 298 g/mol. The molecule has 0 heterocycles. The Morgan fingerprint density at radius 3 is 2.05 bits per heavy atom. The molecule has 0 aromatic rings. The Morgan fingerprint density at radius 2 is 1.48 bits per heavy atom. The number of Topliss-reactive ketones (excluding diaryl/α,β-unsaturated/α-hetero) is 1. The van der Waals surface area contributed by atoms with Gasteiger partial charge in [-0.2, -0.15) is 0 Å². The number of carbonyl (C=O) groups is 1. The van der Waals surface area contributed by atoms with Crippen LogP contribution in [-0.4, -0.2) is 24.2 Å². The van der Waals surface area contributed by atoms with Gasteiger partial charge in [-0.05, 0) is 30.3 Å². The van der Waals surface area contributed by atoms with Gasteiger partial charge in [0.15, 0.2) is 7.05 Å². The summed E-state index contributed by atoms with van der Waals surface area (Å²) in [5.41, 5.74) is 0. The Morgan fingerprint density at radius 1 is 0.952 bits per heavy atom. The molecule has 0 unspecified atom stereocenters. The summed E-state index contributed by atoms with van der Waals surface area (Å²) in [6.07, 6.45) is 11.7. The fraction of sp³-hybridized carbons (Fsp3) is 0.941. The average Bonchev–Trinajstić information content (AvgIpc) is 2.40. The first-order valence-electron chi connectivity index (χ1n) is 8.62. The van der Waals surface area contributed by atoms with E-state index >= 15 is 0 Å². The summed E-state index contributed by atoms with van der Waals surface area (Å²) in [6, 6.07) is 0. The fourth-order valence-corrected chi connectivity index (χ4v) is 2.35. The minimum Gasteiger partial charge on any atom is -0.600 e. The number of azo groups is 1. The molecule has 0 spiro atoms. The first-order valence-corrected chi connectivity index (χ1v) is 8.62. The lowest BCUT2D eigenvalue weighted by molar-refractivity contribution is -0.499. The van der Waals surface area contributed by atoms with Gasteiger partial charge in [0.2, 0.25) is 0 Å². The second kappa shape index (κ2) is 14.0. The maximum atomic E-state index is 11.7. The van der Waals surface area contributed by atoms with Gasteiger partial charge in [-0.1, -0.05) is 52.4 Å². The zero-order valence-corrected chi connectivity index (χ0v) is 14.3. The third-order valence-electron chi connectivity index (χ3n) is 3.65. The Balaban J connectivity index is 3.25. The second-order valence-electron chi connectivity index (χ2n) is 6.38. The molecule has 4 nitrogen and oxygen atoms in total. The number of rotatable bonds is 14. The smallest absolute Gasteiger partial charge is 0.171 e. The van der Waals surface area contributed by atoms with Gasteiger partial charge in [0.1, 0.15) is 12.3 Å². The summed E-state index contributed by atoms with van der Waals surface area (Å²) in [7, 11) is 1.41. The van der Waals surface area contributed by atoms with Gasteiger partial charge in [0.25, 0.3) is 0 Å². The Hall–Kier alpha value is -0.930. The van der Waals surface area contributed by atoms with Crippen LogP contribution in [0.2, 0.25) is 0 Å². The summed E-state index contributed by atoms with van der Waals surface area (Å²) < 4.78 is 0. The second-order valence-corrected chi connectivity index (χ2v) is 6.38. The topological polar surface area (TPSA) is 55.5 Å². The lowest BCUT2D eigenvalue weighted by Gasteiger charge is -2.04. The molecule has 0 amide bonds. The van der Waals surface area contributed by atoms with E-state index in [1.807, 2.05) is 0 Å². The number of hydrogen-bond acceptors (Lipinski definition) is 3. The van der Waals surface area contributed by atoms with Crippen LogP contribution in [-0.2, 0) is 4.79 Å². The first-order chi connectivity index (χ1) is 10.0. The highest BCUT2D eigenvalue weighted by molar-refractivity contribution is 5.78. The van der Waals surface area contributed by atoms with E-state index in [0.717, 1.165) is 57.3 Å². The van der Waals surface area contributed by atoms with Gasteiger partial charge in [0, 0.05) is 12.8 Å². The summed E-state index contributed by atoms with van der Waals surface area (Å²) in [4.78, 5) is 12.3. The SMILES string of the molecule is CC(C)CCCCCC(=O)CCCCCCCN=[N+](C)[O-]. The van der Waals surface area contributed by atoms with Gasteiger partial charge in [-0.25, -0.2) is 0 Å². The summed E-state index contributed by atoms with van der Waals surface area (Å²) in [5.74, 6) is 1.21. The van der Waals surface area contributed by atoms with E-state index < -0.39 is 0 Å². The Labute approximate surface area is 130 Å². The van der Waals surface area contributed by atoms with E-state index in [4.69, 9.17) is 0 Å². The molecule has 0 atom stereocenters. The molecule has 124 valence electrons. The zero-order chi connectivity index (χ0) is 15.9. The van der Waals surface area contributed by atoms with Crippen LogP contribution < -0.4 is 0 Å². The van der Waals surface area contributed by atoms with Crippen LogP contribution in [0.3, 0.4) is 0 Å². The highest BCUT2D eigenvalue weighted by Crippen LogP contribution is 2.12. The van der Waals surface area contributed by atoms with Crippen molar-refractivity contribution in [2.24, 2.45) is 11.0 Å². The Bertz CT molecular complexity index is 285. The number of hydrogen-bond donors (Lipinski definition) is 0. The van der Waals surface area contributed by atoms with Crippen LogP contribution in [0, 0.1) is 11.1 Å². The molecule has 0 rings (SSSR count). The highest BCUT2D eigenvalue weighted by atomic mass is 16.5. The van der Waals surface area contributed by atoms with Crippen LogP contribution in [0.1, 0.15) is 84.5 Å². The molecule has 0 radical (unpaired) electrons. The van der Waals surface area contributed by atoms with Gasteiger partial charge in [-0.15, -0.1) is 4.86 Å². The molecule has 0 bridgehead atoms. The Kier molecular flexibility index (Phi) is 13.4. The quantitative estimate of drug-likeness (QED) is 0.194. The van der Waals surface area contributed by atoms with Gasteiger partial charge >= 0.3 is 0 Å². The van der Waals surface area contributed by atoms with E-state index in [-0.39, 0.29) is 0 Å². The molecule has 0 fully saturated rings. The lowest BCUT2D eigenvalue weighted by atomic mass is 10.0. The third-order valence-corrected chi connectivity index (χ3v) is 3.65. The molecule has 0 aliphatic carbocycles. The zero-order valence-electron chi connectivity index (χ0n) is 14.3. The van der Waals surface area contributed by atoms with Crippen molar-refractivity contribution in [2.75, 3.05) is 13.6 Å². The maximum Gasteiger partial charge on any atom is 0.171 e. The van der Waals surface area contributed by atoms with Gasteiger partial charge in [0.05, 0.1) is 0 Å². The van der Waals surface area contributed by atoms with Crippen molar-refractivity contribution in [1.29, 1.82) is 0 Å². The van der Waals surface area contributed by atoms with Crippen molar-refractivity contribution in [3.8, 4) is 0 Å². The lowest BCUT2D eigenvalue weighted by Crippen LogP contribution is -1.98. The number of hydroxylamine groups is 1. The predicted octanol–water partition coefficient (Wildman–Crippen LogP) is 5.09. The molecule has 4 heteroatoms. The molecule has 0 saturated heterocycles. The first kappa shape index (κ1) is 20.1. The van der Waals surface area contributed by atoms with Crippen LogP contribution >= 0.6 is 0 Å². The molecule has 0 saturated carbocycles. The number of carbonyl (C=O) groups excluding carboxylic acids is 1. The molecule has 0 aromatic carbocycles. The maximum absolute atomic E-state index is 11.7. The van der Waals surface area contributed by atoms with Crippen molar-refractivity contribution < 1.29 is 9.66 Å².